The lowest BCUT2D eigenvalue weighted by atomic mass is 10.0. The molecule has 0 N–H and O–H groups in total. The maximum absolute atomic E-state index is 10.4. The molecule has 0 aromatic rings. The molecule has 1 aliphatic rings. The Labute approximate surface area is 60.3 Å². The van der Waals surface area contributed by atoms with Gasteiger partial charge in [0.1, 0.15) is 12.7 Å². The predicted octanol–water partition coefficient (Wildman–Crippen LogP) is 1.57. The molecule has 1 aliphatic heterocycles. The summed E-state index contributed by atoms with van der Waals surface area (Å²) in [6, 6.07) is 0. The molecule has 3 nitrogen and oxygen atoms in total. The molecule has 58 valence electrons. The SMILES string of the molecule is CCC(C)C1COC(=O)O1. The Morgan fingerprint density at radius 3 is 2.90 bits per heavy atom. The van der Waals surface area contributed by atoms with Crippen LogP contribution in [0.3, 0.4) is 0 Å². The highest BCUT2D eigenvalue weighted by Gasteiger charge is 2.28. The first-order valence-corrected chi connectivity index (χ1v) is 3.57. The Morgan fingerprint density at radius 1 is 1.80 bits per heavy atom. The van der Waals surface area contributed by atoms with Crippen LogP contribution in [0.5, 0.6) is 0 Å². The van der Waals surface area contributed by atoms with E-state index in [0.717, 1.165) is 6.42 Å². The Hall–Kier alpha value is -0.730. The van der Waals surface area contributed by atoms with E-state index in [9.17, 15) is 4.79 Å². The lowest BCUT2D eigenvalue weighted by Gasteiger charge is -2.12. The first-order chi connectivity index (χ1) is 4.74. The molecule has 1 saturated heterocycles. The third kappa shape index (κ3) is 1.40. The predicted molar refractivity (Wildman–Crippen MR) is 35.7 cm³/mol. The van der Waals surface area contributed by atoms with Gasteiger partial charge in [-0.25, -0.2) is 4.79 Å². The highest BCUT2D eigenvalue weighted by molar-refractivity contribution is 5.61. The summed E-state index contributed by atoms with van der Waals surface area (Å²) in [6.07, 6.45) is 0.476. The van der Waals surface area contributed by atoms with Gasteiger partial charge in [0.15, 0.2) is 0 Å². The van der Waals surface area contributed by atoms with E-state index in [-0.39, 0.29) is 6.10 Å². The molecule has 10 heavy (non-hydrogen) atoms. The van der Waals surface area contributed by atoms with Crippen LogP contribution in [-0.4, -0.2) is 18.9 Å². The Kier molecular flexibility index (Phi) is 2.14. The van der Waals surface area contributed by atoms with Crippen molar-refractivity contribution in [1.29, 1.82) is 0 Å². The third-order valence-electron chi connectivity index (χ3n) is 1.89. The monoisotopic (exact) mass is 144 g/mol. The molecule has 0 saturated carbocycles. The van der Waals surface area contributed by atoms with Crippen molar-refractivity contribution in [2.75, 3.05) is 6.61 Å². The molecule has 1 rings (SSSR count). The lowest BCUT2D eigenvalue weighted by Crippen LogP contribution is -2.19. The van der Waals surface area contributed by atoms with E-state index in [0.29, 0.717) is 12.5 Å². The molecule has 2 unspecified atom stereocenters. The quantitative estimate of drug-likeness (QED) is 0.552. The molecule has 0 spiro atoms. The van der Waals surface area contributed by atoms with Gasteiger partial charge < -0.3 is 9.47 Å². The van der Waals surface area contributed by atoms with Crippen LogP contribution in [-0.2, 0) is 9.47 Å². The molecule has 3 heteroatoms. The summed E-state index contributed by atoms with van der Waals surface area (Å²) in [5, 5.41) is 0. The summed E-state index contributed by atoms with van der Waals surface area (Å²) in [5.41, 5.74) is 0. The summed E-state index contributed by atoms with van der Waals surface area (Å²) < 4.78 is 9.48. The number of hydrogen-bond acceptors (Lipinski definition) is 3. The summed E-state index contributed by atoms with van der Waals surface area (Å²) in [5.74, 6) is 0.409. The van der Waals surface area contributed by atoms with Gasteiger partial charge in [-0.2, -0.15) is 0 Å². The summed E-state index contributed by atoms with van der Waals surface area (Å²) in [4.78, 5) is 10.4. The van der Waals surface area contributed by atoms with E-state index in [2.05, 4.69) is 11.7 Å². The van der Waals surface area contributed by atoms with Gasteiger partial charge in [0.25, 0.3) is 0 Å². The van der Waals surface area contributed by atoms with Crippen molar-refractivity contribution in [3.05, 3.63) is 0 Å². The Bertz CT molecular complexity index is 133. The average Bonchev–Trinajstić information content (AvgIpc) is 2.34. The van der Waals surface area contributed by atoms with E-state index < -0.39 is 6.16 Å². The number of carbonyl (C=O) groups is 1. The minimum absolute atomic E-state index is 0.0162. The van der Waals surface area contributed by atoms with Crippen molar-refractivity contribution in [1.82, 2.24) is 0 Å². The van der Waals surface area contributed by atoms with Crippen LogP contribution < -0.4 is 0 Å². The molecule has 2 atom stereocenters. The number of cyclic esters (lactones) is 2. The normalized spacial score (nSPS) is 27.4. The molecule has 0 bridgehead atoms. The second-order valence-corrected chi connectivity index (χ2v) is 2.60. The van der Waals surface area contributed by atoms with Crippen LogP contribution in [0.2, 0.25) is 0 Å². The Balaban J connectivity index is 2.36. The highest BCUT2D eigenvalue weighted by atomic mass is 16.8. The van der Waals surface area contributed by atoms with Crippen molar-refractivity contribution in [3.8, 4) is 0 Å². The zero-order valence-corrected chi connectivity index (χ0v) is 6.29. The lowest BCUT2D eigenvalue weighted by molar-refractivity contribution is 0.101. The van der Waals surface area contributed by atoms with E-state index in [1.165, 1.54) is 0 Å². The maximum Gasteiger partial charge on any atom is 0.508 e. The topological polar surface area (TPSA) is 35.5 Å². The third-order valence-corrected chi connectivity index (χ3v) is 1.89. The van der Waals surface area contributed by atoms with Crippen LogP contribution in [0.4, 0.5) is 4.79 Å². The van der Waals surface area contributed by atoms with Gasteiger partial charge in [-0.3, -0.25) is 0 Å². The second-order valence-electron chi connectivity index (χ2n) is 2.60. The molecule has 0 aromatic heterocycles. The van der Waals surface area contributed by atoms with Crippen molar-refractivity contribution in [2.24, 2.45) is 5.92 Å². The van der Waals surface area contributed by atoms with Gasteiger partial charge in [0.05, 0.1) is 0 Å². The van der Waals surface area contributed by atoms with Gasteiger partial charge in [-0.1, -0.05) is 13.8 Å². The van der Waals surface area contributed by atoms with Crippen molar-refractivity contribution in [3.63, 3.8) is 0 Å². The molecule has 1 heterocycles. The van der Waals surface area contributed by atoms with Crippen LogP contribution >= 0.6 is 0 Å². The first-order valence-electron chi connectivity index (χ1n) is 3.57. The fourth-order valence-corrected chi connectivity index (χ4v) is 0.885. The van der Waals surface area contributed by atoms with Crippen LogP contribution in [0.15, 0.2) is 0 Å². The minimum atomic E-state index is -0.523. The number of carbonyl (C=O) groups excluding carboxylic acids is 1. The molecule has 1 fully saturated rings. The van der Waals surface area contributed by atoms with Gasteiger partial charge in [0, 0.05) is 0 Å². The number of hydrogen-bond donors (Lipinski definition) is 0. The van der Waals surface area contributed by atoms with Crippen LogP contribution in [0.1, 0.15) is 20.3 Å². The van der Waals surface area contributed by atoms with E-state index in [1.54, 1.807) is 0 Å². The number of rotatable bonds is 2. The zero-order valence-electron chi connectivity index (χ0n) is 6.29. The van der Waals surface area contributed by atoms with Crippen molar-refractivity contribution >= 4 is 6.16 Å². The van der Waals surface area contributed by atoms with Crippen molar-refractivity contribution in [2.45, 2.75) is 26.4 Å². The van der Waals surface area contributed by atoms with Gasteiger partial charge in [-0.05, 0) is 12.3 Å². The first kappa shape index (κ1) is 7.38. The smallest absolute Gasteiger partial charge is 0.430 e. The molecule has 0 aromatic carbocycles. The Morgan fingerprint density at radius 2 is 2.50 bits per heavy atom. The summed E-state index contributed by atoms with van der Waals surface area (Å²) in [6.45, 7) is 4.54. The minimum Gasteiger partial charge on any atom is -0.430 e. The van der Waals surface area contributed by atoms with Crippen LogP contribution in [0, 0.1) is 5.92 Å². The van der Waals surface area contributed by atoms with Crippen LogP contribution in [0.25, 0.3) is 0 Å². The fraction of sp³-hybridized carbons (Fsp3) is 0.857. The standard InChI is InChI=1S/C7H12O3/c1-3-5(2)6-4-9-7(8)10-6/h5-6H,3-4H2,1-2H3. The van der Waals surface area contributed by atoms with Gasteiger partial charge >= 0.3 is 6.16 Å². The van der Waals surface area contributed by atoms with Gasteiger partial charge in [-0.15, -0.1) is 0 Å². The molecule has 0 radical (unpaired) electrons. The highest BCUT2D eigenvalue weighted by Crippen LogP contribution is 2.17. The summed E-state index contributed by atoms with van der Waals surface area (Å²) >= 11 is 0. The average molecular weight is 144 g/mol. The van der Waals surface area contributed by atoms with Crippen molar-refractivity contribution < 1.29 is 14.3 Å². The van der Waals surface area contributed by atoms with E-state index in [4.69, 9.17) is 4.74 Å². The second kappa shape index (κ2) is 2.90. The summed E-state index contributed by atoms with van der Waals surface area (Å²) in [7, 11) is 0. The fourth-order valence-electron chi connectivity index (χ4n) is 0.885. The van der Waals surface area contributed by atoms with E-state index in [1.807, 2.05) is 6.92 Å². The van der Waals surface area contributed by atoms with E-state index >= 15 is 0 Å². The number of ether oxygens (including phenoxy) is 2. The zero-order chi connectivity index (χ0) is 7.56. The molecular weight excluding hydrogens is 132 g/mol. The molecule has 0 amide bonds. The molecule has 0 aliphatic carbocycles. The maximum atomic E-state index is 10.4. The van der Waals surface area contributed by atoms with Gasteiger partial charge in [0.2, 0.25) is 0 Å². The largest absolute Gasteiger partial charge is 0.508 e. The molecular formula is C7H12O3.